The summed E-state index contributed by atoms with van der Waals surface area (Å²) in [4.78, 5) is 0. The highest BCUT2D eigenvalue weighted by atomic mass is 15.4. The van der Waals surface area contributed by atoms with E-state index in [1.807, 2.05) is 6.20 Å². The molecule has 2 heterocycles. The Balaban J connectivity index is 2.36. The first-order valence-electron chi connectivity index (χ1n) is 5.54. The van der Waals surface area contributed by atoms with E-state index in [0.29, 0.717) is 12.0 Å². The molecule has 1 aliphatic rings. The lowest BCUT2D eigenvalue weighted by molar-refractivity contribution is 0.323. The van der Waals surface area contributed by atoms with E-state index in [4.69, 9.17) is 0 Å². The number of fused-ring (bicyclic) bond motifs is 1. The van der Waals surface area contributed by atoms with Crippen molar-refractivity contribution in [2.75, 3.05) is 11.9 Å². The maximum Gasteiger partial charge on any atom is 0.127 e. The highest BCUT2D eigenvalue weighted by Crippen LogP contribution is 2.31. The SMILES string of the molecule is CCc1cnn2c1NCCC2C(C)C. The van der Waals surface area contributed by atoms with Gasteiger partial charge in [-0.3, -0.25) is 0 Å². The number of aryl methyl sites for hydroxylation is 1. The Bertz CT molecular complexity index is 314. The number of hydrogen-bond acceptors (Lipinski definition) is 2. The van der Waals surface area contributed by atoms with Gasteiger partial charge in [0.05, 0.1) is 12.2 Å². The molecule has 0 bridgehead atoms. The van der Waals surface area contributed by atoms with Gasteiger partial charge in [-0.25, -0.2) is 4.68 Å². The average Bonchev–Trinajstić information content (AvgIpc) is 2.59. The average molecular weight is 193 g/mol. The molecule has 78 valence electrons. The normalized spacial score (nSPS) is 20.7. The monoisotopic (exact) mass is 193 g/mol. The Kier molecular flexibility index (Phi) is 2.48. The largest absolute Gasteiger partial charge is 0.370 e. The topological polar surface area (TPSA) is 29.9 Å². The van der Waals surface area contributed by atoms with Crippen molar-refractivity contribution in [3.8, 4) is 0 Å². The lowest BCUT2D eigenvalue weighted by atomic mass is 9.99. The minimum atomic E-state index is 0.576. The highest BCUT2D eigenvalue weighted by molar-refractivity contribution is 5.45. The molecule has 0 saturated carbocycles. The Morgan fingerprint density at radius 2 is 2.43 bits per heavy atom. The molecule has 2 rings (SSSR count). The smallest absolute Gasteiger partial charge is 0.127 e. The summed E-state index contributed by atoms with van der Waals surface area (Å²) < 4.78 is 2.17. The molecule has 0 amide bonds. The number of anilines is 1. The van der Waals surface area contributed by atoms with Gasteiger partial charge in [-0.2, -0.15) is 5.10 Å². The van der Waals surface area contributed by atoms with Crippen LogP contribution in [0.1, 0.15) is 38.8 Å². The van der Waals surface area contributed by atoms with Crippen LogP contribution in [0.3, 0.4) is 0 Å². The lowest BCUT2D eigenvalue weighted by Gasteiger charge is -2.29. The zero-order chi connectivity index (χ0) is 10.1. The van der Waals surface area contributed by atoms with Crippen molar-refractivity contribution in [3.63, 3.8) is 0 Å². The van der Waals surface area contributed by atoms with Gasteiger partial charge in [0.25, 0.3) is 0 Å². The first-order valence-corrected chi connectivity index (χ1v) is 5.54. The molecule has 1 aromatic rings. The highest BCUT2D eigenvalue weighted by Gasteiger charge is 2.24. The van der Waals surface area contributed by atoms with Crippen LogP contribution in [0.4, 0.5) is 5.82 Å². The van der Waals surface area contributed by atoms with Crippen LogP contribution in [0.2, 0.25) is 0 Å². The minimum Gasteiger partial charge on any atom is -0.370 e. The molecule has 3 heteroatoms. The Hall–Kier alpha value is -0.990. The van der Waals surface area contributed by atoms with E-state index in [0.717, 1.165) is 13.0 Å². The zero-order valence-corrected chi connectivity index (χ0v) is 9.25. The minimum absolute atomic E-state index is 0.576. The van der Waals surface area contributed by atoms with Crippen LogP contribution >= 0.6 is 0 Å². The summed E-state index contributed by atoms with van der Waals surface area (Å²) in [5, 5.41) is 7.93. The molecule has 14 heavy (non-hydrogen) atoms. The van der Waals surface area contributed by atoms with E-state index in [2.05, 4.69) is 35.9 Å². The summed E-state index contributed by atoms with van der Waals surface area (Å²) in [6, 6.07) is 0.576. The van der Waals surface area contributed by atoms with Crippen molar-refractivity contribution < 1.29 is 0 Å². The summed E-state index contributed by atoms with van der Waals surface area (Å²) in [6.07, 6.45) is 4.26. The van der Waals surface area contributed by atoms with Crippen LogP contribution in [0.15, 0.2) is 6.20 Å². The van der Waals surface area contributed by atoms with Gasteiger partial charge in [0.15, 0.2) is 0 Å². The molecular formula is C11H19N3. The third-order valence-corrected chi connectivity index (χ3v) is 3.07. The Morgan fingerprint density at radius 1 is 1.64 bits per heavy atom. The first kappa shape index (κ1) is 9.56. The fourth-order valence-electron chi connectivity index (χ4n) is 2.18. The Labute approximate surface area is 85.5 Å². The maximum absolute atomic E-state index is 4.48. The fourth-order valence-corrected chi connectivity index (χ4v) is 2.18. The van der Waals surface area contributed by atoms with Crippen LogP contribution in [-0.4, -0.2) is 16.3 Å². The van der Waals surface area contributed by atoms with Crippen molar-refractivity contribution in [1.82, 2.24) is 9.78 Å². The number of aromatic nitrogens is 2. The molecule has 1 unspecified atom stereocenters. The van der Waals surface area contributed by atoms with Gasteiger partial charge in [0, 0.05) is 12.1 Å². The first-order chi connectivity index (χ1) is 6.74. The van der Waals surface area contributed by atoms with Crippen LogP contribution in [-0.2, 0) is 6.42 Å². The van der Waals surface area contributed by atoms with Gasteiger partial charge >= 0.3 is 0 Å². The summed E-state index contributed by atoms with van der Waals surface area (Å²) in [5.74, 6) is 1.91. The van der Waals surface area contributed by atoms with Crippen molar-refractivity contribution in [2.24, 2.45) is 5.92 Å². The van der Waals surface area contributed by atoms with Crippen molar-refractivity contribution in [2.45, 2.75) is 39.7 Å². The number of rotatable bonds is 2. The summed E-state index contributed by atoms with van der Waals surface area (Å²) in [7, 11) is 0. The molecule has 1 aromatic heterocycles. The van der Waals surface area contributed by atoms with Crippen LogP contribution < -0.4 is 5.32 Å². The van der Waals surface area contributed by atoms with E-state index in [1.165, 1.54) is 17.8 Å². The molecule has 0 aliphatic carbocycles. The van der Waals surface area contributed by atoms with Gasteiger partial charge in [0.2, 0.25) is 0 Å². The third kappa shape index (κ3) is 1.41. The molecule has 1 aliphatic heterocycles. The van der Waals surface area contributed by atoms with Crippen molar-refractivity contribution in [1.29, 1.82) is 0 Å². The quantitative estimate of drug-likeness (QED) is 0.782. The van der Waals surface area contributed by atoms with Gasteiger partial charge in [-0.05, 0) is 18.8 Å². The predicted octanol–water partition coefficient (Wildman–Crippen LogP) is 2.46. The molecule has 0 radical (unpaired) electrons. The van der Waals surface area contributed by atoms with Crippen LogP contribution in [0.5, 0.6) is 0 Å². The summed E-state index contributed by atoms with van der Waals surface area (Å²) in [5.41, 5.74) is 1.34. The Morgan fingerprint density at radius 3 is 3.07 bits per heavy atom. The molecule has 1 atom stereocenters. The second-order valence-electron chi connectivity index (χ2n) is 4.34. The van der Waals surface area contributed by atoms with Gasteiger partial charge < -0.3 is 5.32 Å². The molecular weight excluding hydrogens is 174 g/mol. The van der Waals surface area contributed by atoms with Crippen LogP contribution in [0, 0.1) is 5.92 Å². The number of nitrogens with one attached hydrogen (secondary N) is 1. The second-order valence-corrected chi connectivity index (χ2v) is 4.34. The van der Waals surface area contributed by atoms with Crippen LogP contribution in [0.25, 0.3) is 0 Å². The van der Waals surface area contributed by atoms with Crippen molar-refractivity contribution in [3.05, 3.63) is 11.8 Å². The standard InChI is InChI=1S/C11H19N3/c1-4-9-7-13-14-10(8(2)3)5-6-12-11(9)14/h7-8,10,12H,4-6H2,1-3H3. The molecule has 0 spiro atoms. The fraction of sp³-hybridized carbons (Fsp3) is 0.727. The maximum atomic E-state index is 4.48. The number of nitrogens with zero attached hydrogens (tertiary/aromatic N) is 2. The molecule has 3 nitrogen and oxygen atoms in total. The van der Waals surface area contributed by atoms with Gasteiger partial charge in [-0.15, -0.1) is 0 Å². The van der Waals surface area contributed by atoms with Gasteiger partial charge in [0.1, 0.15) is 5.82 Å². The second kappa shape index (κ2) is 3.64. The molecule has 0 fully saturated rings. The van der Waals surface area contributed by atoms with E-state index in [9.17, 15) is 0 Å². The van der Waals surface area contributed by atoms with E-state index in [-0.39, 0.29) is 0 Å². The zero-order valence-electron chi connectivity index (χ0n) is 9.25. The molecule has 1 N–H and O–H groups in total. The van der Waals surface area contributed by atoms with E-state index < -0.39 is 0 Å². The predicted molar refractivity (Wildman–Crippen MR) is 58.6 cm³/mol. The van der Waals surface area contributed by atoms with E-state index >= 15 is 0 Å². The number of hydrogen-bond donors (Lipinski definition) is 1. The molecule has 0 aromatic carbocycles. The van der Waals surface area contributed by atoms with Gasteiger partial charge in [-0.1, -0.05) is 20.8 Å². The summed E-state index contributed by atoms with van der Waals surface area (Å²) in [6.45, 7) is 7.81. The van der Waals surface area contributed by atoms with Crippen molar-refractivity contribution >= 4 is 5.82 Å². The summed E-state index contributed by atoms with van der Waals surface area (Å²) >= 11 is 0. The third-order valence-electron chi connectivity index (χ3n) is 3.07. The lowest BCUT2D eigenvalue weighted by Crippen LogP contribution is -2.27. The molecule has 0 saturated heterocycles. The van der Waals surface area contributed by atoms with E-state index in [1.54, 1.807) is 0 Å².